The molecule has 0 aliphatic carbocycles. The van der Waals surface area contributed by atoms with Gasteiger partial charge in [0, 0.05) is 20.9 Å². The minimum Gasteiger partial charge on any atom is -0.478 e. The van der Waals surface area contributed by atoms with Crippen molar-refractivity contribution in [2.24, 2.45) is 0 Å². The third kappa shape index (κ3) is 4.71. The summed E-state index contributed by atoms with van der Waals surface area (Å²) in [5.74, 6) is -1.17. The zero-order valence-electron chi connectivity index (χ0n) is 10.9. The number of nitrogens with one attached hydrogen (secondary N) is 1. The van der Waals surface area contributed by atoms with Crippen molar-refractivity contribution in [3.8, 4) is 0 Å². The van der Waals surface area contributed by atoms with Crippen LogP contribution in [-0.2, 0) is 4.79 Å². The zero-order chi connectivity index (χ0) is 15.2. The lowest BCUT2D eigenvalue weighted by Crippen LogP contribution is -2.11. The number of carbonyl (C=O) groups is 2. The molecule has 0 heterocycles. The summed E-state index contributed by atoms with van der Waals surface area (Å²) in [4.78, 5) is 22.4. The Morgan fingerprint density at radius 1 is 1.00 bits per heavy atom. The average molecular weight is 393 g/mol. The van der Waals surface area contributed by atoms with Crippen LogP contribution in [-0.4, -0.2) is 17.0 Å². The third-order valence-corrected chi connectivity index (χ3v) is 3.41. The van der Waals surface area contributed by atoms with Crippen molar-refractivity contribution in [2.45, 2.75) is 0 Å². The van der Waals surface area contributed by atoms with Gasteiger partial charge in [0.1, 0.15) is 0 Å². The summed E-state index contributed by atoms with van der Waals surface area (Å²) < 4.78 is 1.07. The molecule has 0 spiro atoms. The van der Waals surface area contributed by atoms with Crippen LogP contribution in [0.5, 0.6) is 0 Å². The molecule has 0 aromatic heterocycles. The number of halogens is 1. The number of hydrogen-bond donors (Lipinski definition) is 2. The molecule has 21 heavy (non-hydrogen) atoms. The Morgan fingerprint density at radius 3 is 2.19 bits per heavy atom. The van der Waals surface area contributed by atoms with Crippen LogP contribution in [0.25, 0.3) is 6.08 Å². The lowest BCUT2D eigenvalue weighted by molar-refractivity contribution is -0.131. The second-order valence-corrected chi connectivity index (χ2v) is 5.50. The molecule has 0 aliphatic heterocycles. The summed E-state index contributed by atoms with van der Waals surface area (Å²) in [7, 11) is 0. The number of carboxylic acids is 1. The van der Waals surface area contributed by atoms with E-state index in [0.717, 1.165) is 15.2 Å². The van der Waals surface area contributed by atoms with E-state index in [9.17, 15) is 9.59 Å². The van der Waals surface area contributed by atoms with Gasteiger partial charge in [0.05, 0.1) is 0 Å². The van der Waals surface area contributed by atoms with Gasteiger partial charge in [-0.3, -0.25) is 4.79 Å². The highest BCUT2D eigenvalue weighted by molar-refractivity contribution is 14.1. The first-order chi connectivity index (χ1) is 10.0. The van der Waals surface area contributed by atoms with Gasteiger partial charge < -0.3 is 10.4 Å². The predicted molar refractivity (Wildman–Crippen MR) is 90.2 cm³/mol. The molecule has 0 atom stereocenters. The Labute approximate surface area is 135 Å². The Bertz CT molecular complexity index is 676. The smallest absolute Gasteiger partial charge is 0.328 e. The number of amides is 1. The van der Waals surface area contributed by atoms with E-state index in [1.54, 1.807) is 36.4 Å². The minimum atomic E-state index is -0.994. The van der Waals surface area contributed by atoms with Crippen LogP contribution in [0.4, 0.5) is 5.69 Å². The first kappa shape index (κ1) is 15.2. The quantitative estimate of drug-likeness (QED) is 0.616. The van der Waals surface area contributed by atoms with E-state index in [2.05, 4.69) is 27.9 Å². The number of anilines is 1. The molecule has 2 N–H and O–H groups in total. The standard InChI is InChI=1S/C16H12INO3/c17-13-6-4-12(5-7-13)16(21)18-14-8-1-11(2-9-14)3-10-15(19)20/h1-10H,(H,18,21)(H,19,20)/b10-3+. The van der Waals surface area contributed by atoms with Crippen molar-refractivity contribution in [2.75, 3.05) is 5.32 Å². The normalized spacial score (nSPS) is 10.5. The molecule has 4 nitrogen and oxygen atoms in total. The predicted octanol–water partition coefficient (Wildman–Crippen LogP) is 3.64. The largest absolute Gasteiger partial charge is 0.478 e. The second-order valence-electron chi connectivity index (χ2n) is 4.25. The first-order valence-corrected chi connectivity index (χ1v) is 7.20. The summed E-state index contributed by atoms with van der Waals surface area (Å²) >= 11 is 2.18. The molecule has 0 aliphatic rings. The maximum Gasteiger partial charge on any atom is 0.328 e. The van der Waals surface area contributed by atoms with E-state index >= 15 is 0 Å². The molecular weight excluding hydrogens is 381 g/mol. The lowest BCUT2D eigenvalue weighted by Gasteiger charge is -2.05. The fraction of sp³-hybridized carbons (Fsp3) is 0. The summed E-state index contributed by atoms with van der Waals surface area (Å²) in [6.45, 7) is 0. The van der Waals surface area contributed by atoms with Crippen molar-refractivity contribution in [1.82, 2.24) is 0 Å². The fourth-order valence-corrected chi connectivity index (χ4v) is 2.01. The van der Waals surface area contributed by atoms with Gasteiger partial charge in [-0.05, 0) is 70.6 Å². The highest BCUT2D eigenvalue weighted by Crippen LogP contribution is 2.13. The summed E-state index contributed by atoms with van der Waals surface area (Å²) in [5, 5.41) is 11.3. The number of rotatable bonds is 4. The molecule has 2 aromatic rings. The molecule has 5 heteroatoms. The molecule has 2 aromatic carbocycles. The van der Waals surface area contributed by atoms with Gasteiger partial charge in [-0.2, -0.15) is 0 Å². The van der Waals surface area contributed by atoms with Crippen molar-refractivity contribution in [3.05, 3.63) is 69.3 Å². The summed E-state index contributed by atoms with van der Waals surface area (Å²) in [5.41, 5.74) is 2.00. The van der Waals surface area contributed by atoms with E-state index in [1.165, 1.54) is 6.08 Å². The molecule has 2 rings (SSSR count). The molecule has 0 saturated carbocycles. The van der Waals surface area contributed by atoms with Crippen molar-refractivity contribution >= 4 is 46.2 Å². The third-order valence-electron chi connectivity index (χ3n) is 2.69. The average Bonchev–Trinajstić information content (AvgIpc) is 2.47. The molecule has 0 unspecified atom stereocenters. The van der Waals surface area contributed by atoms with Crippen molar-refractivity contribution in [3.63, 3.8) is 0 Å². The SMILES string of the molecule is O=C(O)/C=C/c1ccc(NC(=O)c2ccc(I)cc2)cc1. The van der Waals surface area contributed by atoms with E-state index in [1.807, 2.05) is 12.1 Å². The van der Waals surface area contributed by atoms with Gasteiger partial charge in [-0.15, -0.1) is 0 Å². The highest BCUT2D eigenvalue weighted by Gasteiger charge is 2.05. The number of carbonyl (C=O) groups excluding carboxylic acids is 1. The Kier molecular flexibility index (Phi) is 5.10. The Hall–Kier alpha value is -2.15. The Morgan fingerprint density at radius 2 is 1.62 bits per heavy atom. The number of carboxylic acid groups (broad SMARTS) is 1. The van der Waals surface area contributed by atoms with Gasteiger partial charge >= 0.3 is 5.97 Å². The van der Waals surface area contributed by atoms with E-state index < -0.39 is 5.97 Å². The van der Waals surface area contributed by atoms with Crippen LogP contribution in [0.15, 0.2) is 54.6 Å². The van der Waals surface area contributed by atoms with Crippen LogP contribution in [0.2, 0.25) is 0 Å². The summed E-state index contributed by atoms with van der Waals surface area (Å²) in [6.07, 6.45) is 2.56. The second kappa shape index (κ2) is 7.03. The van der Waals surface area contributed by atoms with Crippen LogP contribution in [0.3, 0.4) is 0 Å². The van der Waals surface area contributed by atoms with Crippen LogP contribution in [0.1, 0.15) is 15.9 Å². The van der Waals surface area contributed by atoms with Gasteiger partial charge in [0.2, 0.25) is 0 Å². The first-order valence-electron chi connectivity index (χ1n) is 6.12. The van der Waals surface area contributed by atoms with E-state index in [-0.39, 0.29) is 5.91 Å². The topological polar surface area (TPSA) is 66.4 Å². The monoisotopic (exact) mass is 393 g/mol. The molecule has 0 radical (unpaired) electrons. The van der Waals surface area contributed by atoms with Crippen LogP contribution in [0, 0.1) is 3.57 Å². The van der Waals surface area contributed by atoms with Crippen LogP contribution >= 0.6 is 22.6 Å². The highest BCUT2D eigenvalue weighted by atomic mass is 127. The van der Waals surface area contributed by atoms with Gasteiger partial charge in [-0.25, -0.2) is 4.79 Å². The molecular formula is C16H12INO3. The van der Waals surface area contributed by atoms with Gasteiger partial charge in [0.15, 0.2) is 0 Å². The summed E-state index contributed by atoms with van der Waals surface area (Å²) in [6, 6.07) is 14.2. The van der Waals surface area contributed by atoms with Gasteiger partial charge in [0.25, 0.3) is 5.91 Å². The molecule has 1 amide bonds. The number of aliphatic carboxylic acids is 1. The van der Waals surface area contributed by atoms with Crippen molar-refractivity contribution in [1.29, 1.82) is 0 Å². The number of hydrogen-bond acceptors (Lipinski definition) is 2. The minimum absolute atomic E-state index is 0.180. The molecule has 0 bridgehead atoms. The maximum atomic E-state index is 12.0. The zero-order valence-corrected chi connectivity index (χ0v) is 13.1. The molecule has 106 valence electrons. The lowest BCUT2D eigenvalue weighted by atomic mass is 10.1. The molecule has 0 saturated heterocycles. The van der Waals surface area contributed by atoms with E-state index in [0.29, 0.717) is 11.3 Å². The van der Waals surface area contributed by atoms with Crippen LogP contribution < -0.4 is 5.32 Å². The Balaban J connectivity index is 2.04. The van der Waals surface area contributed by atoms with E-state index in [4.69, 9.17) is 5.11 Å². The number of benzene rings is 2. The maximum absolute atomic E-state index is 12.0. The van der Waals surface area contributed by atoms with Crippen molar-refractivity contribution < 1.29 is 14.7 Å². The molecule has 0 fully saturated rings. The fourth-order valence-electron chi connectivity index (χ4n) is 1.65. The van der Waals surface area contributed by atoms with Gasteiger partial charge in [-0.1, -0.05) is 12.1 Å².